The molecule has 0 saturated heterocycles. The number of thiazole rings is 1. The Balaban J connectivity index is 1.66. The lowest BCUT2D eigenvalue weighted by Gasteiger charge is -2.21. The zero-order valence-electron chi connectivity index (χ0n) is 22.0. The van der Waals surface area contributed by atoms with E-state index in [1.165, 1.54) is 59.1 Å². The van der Waals surface area contributed by atoms with Gasteiger partial charge in [-0.15, -0.1) is 0 Å². The van der Waals surface area contributed by atoms with Crippen LogP contribution in [0.25, 0.3) is 10.2 Å². The first-order valence-electron chi connectivity index (χ1n) is 12.2. The molecule has 11 heteroatoms. The largest absolute Gasteiger partial charge is 0.383 e. The number of aromatic nitrogens is 1. The molecule has 0 aliphatic rings. The van der Waals surface area contributed by atoms with Crippen molar-refractivity contribution in [3.8, 4) is 0 Å². The number of fused-ring (bicyclic) bond motifs is 1. The summed E-state index contributed by atoms with van der Waals surface area (Å²) >= 11 is 1.36. The highest BCUT2D eigenvalue weighted by Gasteiger charge is 2.26. The molecule has 0 fully saturated rings. The second-order valence-corrected chi connectivity index (χ2v) is 11.6. The van der Waals surface area contributed by atoms with Crippen LogP contribution in [-0.2, 0) is 19.5 Å². The van der Waals surface area contributed by atoms with Crippen molar-refractivity contribution in [3.05, 3.63) is 89.5 Å². The molecule has 0 radical (unpaired) electrons. The molecule has 0 atom stereocenters. The second kappa shape index (κ2) is 13.0. The number of carbonyl (C=O) groups excluding carboxylic acids is 1. The SMILES string of the molecule is COCCN(CCOC)S(=O)(=O)c1ccc(C(=O)N(/N=C/c2ccccc2)c2nc3ccc(C)cc3s2)cc1. The first-order valence-corrected chi connectivity index (χ1v) is 14.5. The van der Waals surface area contributed by atoms with E-state index < -0.39 is 15.9 Å². The Morgan fingerprint density at radius 3 is 2.28 bits per heavy atom. The average molecular weight is 567 g/mol. The van der Waals surface area contributed by atoms with E-state index in [4.69, 9.17) is 9.47 Å². The van der Waals surface area contributed by atoms with Gasteiger partial charge >= 0.3 is 0 Å². The standard InChI is InChI=1S/C28H30N4O5S2/c1-21-9-14-25-26(19-21)38-28(30-25)32(29-20-22-7-5-4-6-8-22)27(33)23-10-12-24(13-11-23)39(34,35)31(15-17-36-2)16-18-37-3/h4-14,19-20H,15-18H2,1-3H3/b29-20+. The minimum atomic E-state index is -3.82. The molecule has 0 N–H and O–H groups in total. The number of hydrazone groups is 1. The lowest BCUT2D eigenvalue weighted by molar-refractivity contribution is 0.0987. The number of sulfonamides is 1. The van der Waals surface area contributed by atoms with Crippen LogP contribution in [0.1, 0.15) is 21.5 Å². The summed E-state index contributed by atoms with van der Waals surface area (Å²) in [5.74, 6) is -0.433. The summed E-state index contributed by atoms with van der Waals surface area (Å²) < 4.78 is 38.9. The number of amides is 1. The van der Waals surface area contributed by atoms with Gasteiger partial charge in [-0.25, -0.2) is 13.4 Å². The molecule has 1 aromatic heterocycles. The molecule has 0 aliphatic heterocycles. The van der Waals surface area contributed by atoms with E-state index in [1.807, 2.05) is 55.5 Å². The van der Waals surface area contributed by atoms with Crippen LogP contribution in [-0.4, -0.2) is 70.4 Å². The van der Waals surface area contributed by atoms with Crippen molar-refractivity contribution >= 4 is 48.8 Å². The van der Waals surface area contributed by atoms with Gasteiger partial charge < -0.3 is 9.47 Å². The van der Waals surface area contributed by atoms with Crippen LogP contribution in [0.5, 0.6) is 0 Å². The molecule has 204 valence electrons. The van der Waals surface area contributed by atoms with Crippen molar-refractivity contribution in [1.29, 1.82) is 0 Å². The highest BCUT2D eigenvalue weighted by Crippen LogP contribution is 2.31. The molecule has 1 heterocycles. The number of carbonyl (C=O) groups is 1. The molecular weight excluding hydrogens is 536 g/mol. The topological polar surface area (TPSA) is 101 Å². The van der Waals surface area contributed by atoms with Gasteiger partial charge in [0.1, 0.15) is 0 Å². The first kappa shape index (κ1) is 28.5. The fraction of sp³-hybridized carbons (Fsp3) is 0.250. The number of hydrogen-bond donors (Lipinski definition) is 0. The molecular formula is C28H30N4O5S2. The fourth-order valence-corrected chi connectivity index (χ4v) is 6.17. The van der Waals surface area contributed by atoms with E-state index in [2.05, 4.69) is 10.1 Å². The molecule has 0 spiro atoms. The first-order chi connectivity index (χ1) is 18.8. The van der Waals surface area contributed by atoms with Crippen molar-refractivity contribution in [2.45, 2.75) is 11.8 Å². The Morgan fingerprint density at radius 2 is 1.64 bits per heavy atom. The highest BCUT2D eigenvalue weighted by molar-refractivity contribution is 7.89. The number of anilines is 1. The van der Waals surface area contributed by atoms with E-state index in [1.54, 1.807) is 6.21 Å². The minimum absolute atomic E-state index is 0.0704. The number of hydrogen-bond acceptors (Lipinski definition) is 8. The Labute approximate surface area is 232 Å². The van der Waals surface area contributed by atoms with Gasteiger partial charge in [0.25, 0.3) is 5.91 Å². The van der Waals surface area contributed by atoms with Crippen molar-refractivity contribution < 1.29 is 22.7 Å². The van der Waals surface area contributed by atoms with Crippen LogP contribution < -0.4 is 5.01 Å². The number of ether oxygens (including phenoxy) is 2. The second-order valence-electron chi connectivity index (χ2n) is 8.65. The molecule has 3 aromatic carbocycles. The smallest absolute Gasteiger partial charge is 0.280 e. The maximum atomic E-state index is 13.7. The maximum absolute atomic E-state index is 13.7. The summed E-state index contributed by atoms with van der Waals surface area (Å²) in [6.45, 7) is 2.85. The Morgan fingerprint density at radius 1 is 0.974 bits per heavy atom. The lowest BCUT2D eigenvalue weighted by Crippen LogP contribution is -2.36. The molecule has 0 saturated carbocycles. The molecule has 0 unspecified atom stereocenters. The number of rotatable bonds is 12. The summed E-state index contributed by atoms with van der Waals surface area (Å²) in [5.41, 5.74) is 2.95. The Kier molecular flexibility index (Phi) is 9.54. The third-order valence-electron chi connectivity index (χ3n) is 5.86. The van der Waals surface area contributed by atoms with Crippen molar-refractivity contribution in [2.75, 3.05) is 45.5 Å². The van der Waals surface area contributed by atoms with Crippen LogP contribution in [0.4, 0.5) is 5.13 Å². The minimum Gasteiger partial charge on any atom is -0.383 e. The van der Waals surface area contributed by atoms with E-state index in [0.717, 1.165) is 21.3 Å². The fourth-order valence-electron chi connectivity index (χ4n) is 3.74. The van der Waals surface area contributed by atoms with Gasteiger partial charge in [0, 0.05) is 32.9 Å². The number of aryl methyl sites for hydroxylation is 1. The number of benzene rings is 3. The quantitative estimate of drug-likeness (QED) is 0.184. The number of nitrogens with zero attached hydrogens (tertiary/aromatic N) is 4. The van der Waals surface area contributed by atoms with Gasteiger partial charge in [-0.3, -0.25) is 4.79 Å². The Bertz CT molecular complexity index is 1530. The van der Waals surface area contributed by atoms with Crippen molar-refractivity contribution in [3.63, 3.8) is 0 Å². The molecule has 0 aliphatic carbocycles. The van der Waals surface area contributed by atoms with Crippen LogP contribution in [0, 0.1) is 6.92 Å². The van der Waals surface area contributed by atoms with Gasteiger partial charge in [0.2, 0.25) is 15.2 Å². The third-order valence-corrected chi connectivity index (χ3v) is 8.76. The predicted molar refractivity (Wildman–Crippen MR) is 154 cm³/mol. The molecule has 0 bridgehead atoms. The number of methoxy groups -OCH3 is 2. The Hall–Kier alpha value is -3.48. The highest BCUT2D eigenvalue weighted by atomic mass is 32.2. The molecule has 4 rings (SSSR count). The summed E-state index contributed by atoms with van der Waals surface area (Å²) in [6.07, 6.45) is 1.59. The maximum Gasteiger partial charge on any atom is 0.280 e. The average Bonchev–Trinajstić information content (AvgIpc) is 3.36. The zero-order chi connectivity index (χ0) is 27.8. The van der Waals surface area contributed by atoms with E-state index in [0.29, 0.717) is 5.13 Å². The summed E-state index contributed by atoms with van der Waals surface area (Å²) in [4.78, 5) is 18.4. The van der Waals surface area contributed by atoms with Crippen molar-refractivity contribution in [1.82, 2.24) is 9.29 Å². The lowest BCUT2D eigenvalue weighted by atomic mass is 10.2. The van der Waals surface area contributed by atoms with Crippen LogP contribution in [0.15, 0.2) is 82.8 Å². The van der Waals surface area contributed by atoms with Gasteiger partial charge in [-0.2, -0.15) is 14.4 Å². The molecule has 39 heavy (non-hydrogen) atoms. The summed E-state index contributed by atoms with van der Waals surface area (Å²) in [5, 5.41) is 6.14. The monoisotopic (exact) mass is 566 g/mol. The summed E-state index contributed by atoms with van der Waals surface area (Å²) in [6, 6.07) is 21.1. The van der Waals surface area contributed by atoms with Gasteiger partial charge in [0.05, 0.1) is 34.5 Å². The van der Waals surface area contributed by atoms with Gasteiger partial charge in [-0.05, 0) is 54.4 Å². The van der Waals surface area contributed by atoms with E-state index in [-0.39, 0.29) is 36.8 Å². The van der Waals surface area contributed by atoms with Crippen LogP contribution in [0.2, 0.25) is 0 Å². The summed E-state index contributed by atoms with van der Waals surface area (Å²) in [7, 11) is -0.791. The van der Waals surface area contributed by atoms with E-state index in [9.17, 15) is 13.2 Å². The van der Waals surface area contributed by atoms with Gasteiger partial charge in [0.15, 0.2) is 0 Å². The third kappa shape index (κ3) is 6.94. The normalized spacial score (nSPS) is 12.0. The van der Waals surface area contributed by atoms with Crippen LogP contribution >= 0.6 is 11.3 Å². The molecule has 9 nitrogen and oxygen atoms in total. The van der Waals surface area contributed by atoms with E-state index >= 15 is 0 Å². The zero-order valence-corrected chi connectivity index (χ0v) is 23.6. The van der Waals surface area contributed by atoms with Crippen molar-refractivity contribution in [2.24, 2.45) is 5.10 Å². The predicted octanol–water partition coefficient (Wildman–Crippen LogP) is 4.57. The van der Waals surface area contributed by atoms with Crippen LogP contribution in [0.3, 0.4) is 0 Å². The molecule has 4 aromatic rings. The van der Waals surface area contributed by atoms with Gasteiger partial charge in [-0.1, -0.05) is 47.7 Å². The molecule has 1 amide bonds.